The Labute approximate surface area is 262 Å². The number of aromatic nitrogens is 1. The van der Waals surface area contributed by atoms with Gasteiger partial charge in [0, 0.05) is 23.4 Å². The lowest BCUT2D eigenvalue weighted by atomic mass is 9.67. The fourth-order valence-electron chi connectivity index (χ4n) is 6.70. The van der Waals surface area contributed by atoms with Gasteiger partial charge in [-0.05, 0) is 69.0 Å². The van der Waals surface area contributed by atoms with Crippen LogP contribution in [0.3, 0.4) is 0 Å². The van der Waals surface area contributed by atoms with Gasteiger partial charge in [-0.1, -0.05) is 99.6 Å². The number of carboxylic acid groups (broad SMARTS) is 1. The van der Waals surface area contributed by atoms with Crippen LogP contribution in [-0.4, -0.2) is 53.5 Å². The molecule has 2 unspecified atom stereocenters. The van der Waals surface area contributed by atoms with Gasteiger partial charge in [-0.25, -0.2) is 0 Å². The maximum absolute atomic E-state index is 13.2. The number of para-hydroxylation sites is 1. The zero-order valence-corrected chi connectivity index (χ0v) is 27.2. The Morgan fingerprint density at radius 2 is 1.57 bits per heavy atom. The number of benzene rings is 3. The molecule has 5 rings (SSSR count). The Morgan fingerprint density at radius 3 is 2.07 bits per heavy atom. The first-order chi connectivity index (χ1) is 21.1. The highest BCUT2D eigenvalue weighted by molar-refractivity contribution is 5.93. The molecule has 234 valence electrons. The van der Waals surface area contributed by atoms with Crippen molar-refractivity contribution in [2.24, 2.45) is 0 Å². The van der Waals surface area contributed by atoms with Gasteiger partial charge in [-0.3, -0.25) is 9.59 Å². The van der Waals surface area contributed by atoms with Gasteiger partial charge in [0.2, 0.25) is 0 Å². The summed E-state index contributed by atoms with van der Waals surface area (Å²) in [5.41, 5.74) is 5.48. The Hall–Kier alpha value is -3.74. The first-order valence-electron chi connectivity index (χ1n) is 15.9. The minimum Gasteiger partial charge on any atom is -0.481 e. The van der Waals surface area contributed by atoms with E-state index in [0.29, 0.717) is 25.5 Å². The lowest BCUT2D eigenvalue weighted by Crippen LogP contribution is -2.42. The fraction of sp³-hybridized carbons (Fsp3) is 0.421. The second kappa shape index (κ2) is 14.4. The summed E-state index contributed by atoms with van der Waals surface area (Å²) in [6, 6.07) is 27.1. The zero-order chi connectivity index (χ0) is 31.9. The van der Waals surface area contributed by atoms with E-state index in [0.717, 1.165) is 41.6 Å². The highest BCUT2D eigenvalue weighted by Gasteiger charge is 2.42. The average Bonchev–Trinajstić information content (AvgIpc) is 3.44. The molecule has 44 heavy (non-hydrogen) atoms. The van der Waals surface area contributed by atoms with Crippen LogP contribution in [0.25, 0.3) is 10.9 Å². The number of fused-ring (bicyclic) bond motifs is 3. The number of nitrogens with zero attached hydrogens (tertiary/aromatic N) is 1. The van der Waals surface area contributed by atoms with E-state index >= 15 is 0 Å². The van der Waals surface area contributed by atoms with Crippen LogP contribution in [0, 0.1) is 0 Å². The molecule has 0 aliphatic carbocycles. The summed E-state index contributed by atoms with van der Waals surface area (Å²) in [5, 5.41) is 10.5. The van der Waals surface area contributed by atoms with Crippen molar-refractivity contribution in [2.75, 3.05) is 20.7 Å². The number of rotatable bonds is 11. The van der Waals surface area contributed by atoms with Crippen LogP contribution in [0.4, 0.5) is 0 Å². The lowest BCUT2D eigenvalue weighted by molar-refractivity contribution is -0.148. The summed E-state index contributed by atoms with van der Waals surface area (Å²) in [4.78, 5) is 30.1. The van der Waals surface area contributed by atoms with Gasteiger partial charge in [0.25, 0.3) is 0 Å². The van der Waals surface area contributed by atoms with Crippen LogP contribution >= 0.6 is 0 Å². The molecule has 2 atom stereocenters. The van der Waals surface area contributed by atoms with E-state index in [1.54, 1.807) is 0 Å². The summed E-state index contributed by atoms with van der Waals surface area (Å²) in [7, 11) is 4.14. The molecule has 0 saturated heterocycles. The summed E-state index contributed by atoms with van der Waals surface area (Å²) < 4.78 is 5.94. The van der Waals surface area contributed by atoms with Gasteiger partial charge >= 0.3 is 5.97 Å². The van der Waals surface area contributed by atoms with Gasteiger partial charge in [-0.2, -0.15) is 0 Å². The van der Waals surface area contributed by atoms with E-state index in [2.05, 4.69) is 80.3 Å². The van der Waals surface area contributed by atoms with Crippen LogP contribution in [0.15, 0.2) is 78.9 Å². The van der Waals surface area contributed by atoms with Gasteiger partial charge < -0.3 is 19.7 Å². The largest absolute Gasteiger partial charge is 0.481 e. The maximum atomic E-state index is 13.2. The van der Waals surface area contributed by atoms with E-state index in [1.807, 2.05) is 50.2 Å². The smallest absolute Gasteiger partial charge is 0.306 e. The first-order valence-corrected chi connectivity index (χ1v) is 15.9. The molecule has 1 aliphatic heterocycles. The Bertz CT molecular complexity index is 1500. The molecule has 6 nitrogen and oxygen atoms in total. The van der Waals surface area contributed by atoms with Crippen molar-refractivity contribution in [3.05, 3.63) is 107 Å². The molecule has 6 heteroatoms. The number of H-pyrrole nitrogens is 1. The molecule has 0 bridgehead atoms. The third kappa shape index (κ3) is 6.52. The van der Waals surface area contributed by atoms with Crippen LogP contribution in [0.1, 0.15) is 81.3 Å². The first kappa shape index (κ1) is 33.2. The van der Waals surface area contributed by atoms with Crippen LogP contribution in [0.2, 0.25) is 0 Å². The third-order valence-corrected chi connectivity index (χ3v) is 9.42. The number of ether oxygens (including phenoxy) is 1. The van der Waals surface area contributed by atoms with Crippen LogP contribution < -0.4 is 0 Å². The van der Waals surface area contributed by atoms with Crippen molar-refractivity contribution in [1.82, 2.24) is 9.88 Å². The standard InChI is InChI=1S/C21H27NO.C17H21NO3/c1-5-20(23)21(16-17(2)22(3)4,18-12-8-6-9-13-18)19-14-10-7-11-15-19;1-3-11-6-5-7-12-13-8-9-21-17(4-2,10-14(19)20)16(13)18-15(11)12/h6-15,17H,5,16H2,1-4H3;5-7,18H,3-4,8-10H2,1-2H3,(H,19,20). The van der Waals surface area contributed by atoms with Crippen molar-refractivity contribution in [1.29, 1.82) is 0 Å². The molecule has 0 saturated carbocycles. The molecule has 2 heterocycles. The number of nitrogens with one attached hydrogen (secondary N) is 1. The number of carbonyl (C=O) groups is 2. The highest BCUT2D eigenvalue weighted by Crippen LogP contribution is 2.42. The van der Waals surface area contributed by atoms with Gasteiger partial charge in [-0.15, -0.1) is 0 Å². The van der Waals surface area contributed by atoms with E-state index in [1.165, 1.54) is 16.5 Å². The average molecular weight is 597 g/mol. The third-order valence-electron chi connectivity index (χ3n) is 9.42. The van der Waals surface area contributed by atoms with E-state index in [4.69, 9.17) is 4.74 Å². The molecule has 0 spiro atoms. The molecule has 4 aromatic rings. The number of carboxylic acids is 1. The van der Waals surface area contributed by atoms with Crippen molar-refractivity contribution >= 4 is 22.7 Å². The van der Waals surface area contributed by atoms with Gasteiger partial charge in [0.15, 0.2) is 0 Å². The Morgan fingerprint density at radius 1 is 0.955 bits per heavy atom. The summed E-state index contributed by atoms with van der Waals surface area (Å²) >= 11 is 0. The number of ketones is 1. The molecule has 1 aliphatic rings. The topological polar surface area (TPSA) is 82.6 Å². The van der Waals surface area contributed by atoms with Crippen molar-refractivity contribution in [3.8, 4) is 0 Å². The number of hydrogen-bond donors (Lipinski definition) is 2. The Kier molecular flexibility index (Phi) is 10.8. The predicted octanol–water partition coefficient (Wildman–Crippen LogP) is 7.68. The molecular formula is C38H48N2O4. The number of aliphatic carboxylic acids is 1. The van der Waals surface area contributed by atoms with Crippen LogP contribution in [-0.2, 0) is 38.2 Å². The number of aryl methyl sites for hydroxylation is 1. The quantitative estimate of drug-likeness (QED) is 0.186. The molecule has 0 radical (unpaired) electrons. The van der Waals surface area contributed by atoms with Crippen molar-refractivity contribution < 1.29 is 19.4 Å². The second-order valence-corrected chi connectivity index (χ2v) is 12.1. The number of hydrogen-bond acceptors (Lipinski definition) is 4. The molecule has 1 aromatic heterocycles. The monoisotopic (exact) mass is 596 g/mol. The SMILES string of the molecule is CCC(=O)C(CC(C)N(C)C)(c1ccccc1)c1ccccc1.CCc1cccc2c3c([nH]c12)C(CC)(CC(=O)O)OCC3. The molecule has 2 N–H and O–H groups in total. The lowest BCUT2D eigenvalue weighted by Gasteiger charge is -2.37. The molecule has 0 amide bonds. The molecule has 3 aromatic carbocycles. The van der Waals surface area contributed by atoms with E-state index in [-0.39, 0.29) is 12.2 Å². The Balaban J connectivity index is 0.000000201. The number of Topliss-reactive ketones (excluding diaryl/α,β-unsaturated/α-hetero) is 1. The van der Waals surface area contributed by atoms with E-state index < -0.39 is 17.0 Å². The normalized spacial score (nSPS) is 17.1. The minimum absolute atomic E-state index is 0.00474. The van der Waals surface area contributed by atoms with Gasteiger partial charge in [0.05, 0.1) is 24.1 Å². The zero-order valence-electron chi connectivity index (χ0n) is 27.2. The van der Waals surface area contributed by atoms with Crippen molar-refractivity contribution in [3.63, 3.8) is 0 Å². The minimum atomic E-state index is -0.820. The summed E-state index contributed by atoms with van der Waals surface area (Å²) in [5.74, 6) is -0.539. The fourth-order valence-corrected chi connectivity index (χ4v) is 6.70. The summed E-state index contributed by atoms with van der Waals surface area (Å²) in [6.45, 7) is 8.85. The summed E-state index contributed by atoms with van der Waals surface area (Å²) in [6.07, 6.45) is 3.76. The van der Waals surface area contributed by atoms with Crippen LogP contribution in [0.5, 0.6) is 0 Å². The van der Waals surface area contributed by atoms with E-state index in [9.17, 15) is 14.7 Å². The van der Waals surface area contributed by atoms with Gasteiger partial charge in [0.1, 0.15) is 11.4 Å². The van der Waals surface area contributed by atoms with Crippen molar-refractivity contribution in [2.45, 2.75) is 83.3 Å². The molecule has 0 fully saturated rings. The second-order valence-electron chi connectivity index (χ2n) is 12.1. The highest BCUT2D eigenvalue weighted by atomic mass is 16.5. The maximum Gasteiger partial charge on any atom is 0.306 e. The predicted molar refractivity (Wildman–Crippen MR) is 178 cm³/mol. The number of aromatic amines is 1. The molecular weight excluding hydrogens is 548 g/mol. The number of carbonyl (C=O) groups excluding carboxylic acids is 1.